The normalized spacial score (nSPS) is 18.0. The standard InChI is InChI=1S/C18H23N3O2/c1-3-23-17(22)10-12-4-6-13(7-5-12)14-8-9-15-16(11-14)21(2)20-18(15)19/h6,8-9,11-12H,3-5,7,10H2,1-2H3,(H2,19,20). The van der Waals surface area contributed by atoms with Crippen molar-refractivity contribution in [3.05, 3.63) is 29.8 Å². The fourth-order valence-corrected chi connectivity index (χ4v) is 3.28. The van der Waals surface area contributed by atoms with Crippen LogP contribution in [-0.4, -0.2) is 22.4 Å². The van der Waals surface area contributed by atoms with E-state index < -0.39 is 0 Å². The van der Waals surface area contributed by atoms with E-state index in [9.17, 15) is 4.79 Å². The van der Waals surface area contributed by atoms with Crippen LogP contribution in [0.5, 0.6) is 0 Å². The summed E-state index contributed by atoms with van der Waals surface area (Å²) in [5, 5.41) is 5.26. The molecule has 1 aromatic carbocycles. The number of nitrogen functional groups attached to an aromatic ring is 1. The van der Waals surface area contributed by atoms with E-state index in [1.54, 1.807) is 0 Å². The van der Waals surface area contributed by atoms with E-state index in [4.69, 9.17) is 10.5 Å². The molecular weight excluding hydrogens is 290 g/mol. The highest BCUT2D eigenvalue weighted by atomic mass is 16.5. The van der Waals surface area contributed by atoms with Crippen LogP contribution < -0.4 is 5.73 Å². The van der Waals surface area contributed by atoms with Gasteiger partial charge in [0.25, 0.3) is 0 Å². The number of nitrogens with two attached hydrogens (primary N) is 1. The Morgan fingerprint density at radius 1 is 1.48 bits per heavy atom. The Morgan fingerprint density at radius 3 is 3.00 bits per heavy atom. The molecule has 2 N–H and O–H groups in total. The van der Waals surface area contributed by atoms with E-state index in [-0.39, 0.29) is 5.97 Å². The monoisotopic (exact) mass is 313 g/mol. The number of allylic oxidation sites excluding steroid dienone is 2. The summed E-state index contributed by atoms with van der Waals surface area (Å²) in [5.41, 5.74) is 9.51. The number of hydrogen-bond donors (Lipinski definition) is 1. The van der Waals surface area contributed by atoms with Crippen molar-refractivity contribution in [1.29, 1.82) is 0 Å². The summed E-state index contributed by atoms with van der Waals surface area (Å²) in [5.74, 6) is 0.885. The van der Waals surface area contributed by atoms with Gasteiger partial charge in [0.2, 0.25) is 0 Å². The molecule has 1 unspecified atom stereocenters. The predicted molar refractivity (Wildman–Crippen MR) is 91.7 cm³/mol. The third-order valence-corrected chi connectivity index (χ3v) is 4.53. The van der Waals surface area contributed by atoms with Gasteiger partial charge in [0.1, 0.15) is 0 Å². The van der Waals surface area contributed by atoms with Gasteiger partial charge in [-0.3, -0.25) is 9.48 Å². The molecule has 5 heteroatoms. The molecular formula is C18H23N3O2. The van der Waals surface area contributed by atoms with Crippen molar-refractivity contribution < 1.29 is 9.53 Å². The summed E-state index contributed by atoms with van der Waals surface area (Å²) >= 11 is 0. The lowest BCUT2D eigenvalue weighted by Crippen LogP contribution is -2.13. The van der Waals surface area contributed by atoms with Crippen molar-refractivity contribution >= 4 is 28.3 Å². The molecule has 3 rings (SSSR count). The second kappa shape index (κ2) is 6.44. The Morgan fingerprint density at radius 2 is 2.30 bits per heavy atom. The number of ether oxygens (including phenoxy) is 1. The lowest BCUT2D eigenvalue weighted by Gasteiger charge is -2.21. The maximum absolute atomic E-state index is 11.6. The number of fused-ring (bicyclic) bond motifs is 1. The summed E-state index contributed by atoms with van der Waals surface area (Å²) in [6.45, 7) is 2.30. The zero-order chi connectivity index (χ0) is 16.4. The van der Waals surface area contributed by atoms with Crippen LogP contribution in [0.1, 0.15) is 38.2 Å². The molecule has 0 spiro atoms. The Balaban J connectivity index is 1.74. The minimum Gasteiger partial charge on any atom is -0.466 e. The first kappa shape index (κ1) is 15.6. The topological polar surface area (TPSA) is 70.1 Å². The molecule has 0 fully saturated rings. The number of hydrogen-bond acceptors (Lipinski definition) is 4. The van der Waals surface area contributed by atoms with Crippen LogP contribution in [0.2, 0.25) is 0 Å². The van der Waals surface area contributed by atoms with Gasteiger partial charge < -0.3 is 10.5 Å². The smallest absolute Gasteiger partial charge is 0.306 e. The molecule has 0 radical (unpaired) electrons. The fourth-order valence-electron chi connectivity index (χ4n) is 3.28. The molecule has 1 aliphatic carbocycles. The van der Waals surface area contributed by atoms with Crippen LogP contribution in [0.3, 0.4) is 0 Å². The van der Waals surface area contributed by atoms with Crippen molar-refractivity contribution in [1.82, 2.24) is 9.78 Å². The van der Waals surface area contributed by atoms with Crippen LogP contribution in [0.25, 0.3) is 16.5 Å². The molecule has 0 saturated heterocycles. The molecule has 0 amide bonds. The lowest BCUT2D eigenvalue weighted by molar-refractivity contribution is -0.144. The maximum Gasteiger partial charge on any atom is 0.306 e. The van der Waals surface area contributed by atoms with Crippen LogP contribution in [0, 0.1) is 5.92 Å². The second-order valence-electron chi connectivity index (χ2n) is 6.12. The van der Waals surface area contributed by atoms with Crippen molar-refractivity contribution in [2.75, 3.05) is 12.3 Å². The van der Waals surface area contributed by atoms with E-state index in [0.717, 1.165) is 30.2 Å². The largest absolute Gasteiger partial charge is 0.466 e. The highest BCUT2D eigenvalue weighted by Crippen LogP contribution is 2.33. The van der Waals surface area contributed by atoms with E-state index in [2.05, 4.69) is 23.3 Å². The van der Waals surface area contributed by atoms with E-state index >= 15 is 0 Å². The molecule has 0 bridgehead atoms. The Labute approximate surface area is 136 Å². The van der Waals surface area contributed by atoms with E-state index in [0.29, 0.717) is 24.8 Å². The molecule has 1 atom stereocenters. The fraction of sp³-hybridized carbons (Fsp3) is 0.444. The summed E-state index contributed by atoms with van der Waals surface area (Å²) in [4.78, 5) is 11.6. The molecule has 5 nitrogen and oxygen atoms in total. The molecule has 1 aliphatic rings. The number of benzene rings is 1. The quantitative estimate of drug-likeness (QED) is 0.879. The number of anilines is 1. The maximum atomic E-state index is 11.6. The number of rotatable bonds is 4. The Hall–Kier alpha value is -2.30. The third kappa shape index (κ3) is 3.23. The first-order chi connectivity index (χ1) is 11.1. The van der Waals surface area contributed by atoms with Gasteiger partial charge in [-0.2, -0.15) is 5.10 Å². The van der Waals surface area contributed by atoms with Crippen LogP contribution in [-0.2, 0) is 16.6 Å². The van der Waals surface area contributed by atoms with Crippen molar-refractivity contribution in [2.24, 2.45) is 13.0 Å². The minimum atomic E-state index is -0.0823. The molecule has 0 aliphatic heterocycles. The number of nitrogens with zero attached hydrogens (tertiary/aromatic N) is 2. The average Bonchev–Trinajstić information content (AvgIpc) is 2.82. The molecule has 23 heavy (non-hydrogen) atoms. The number of carbonyl (C=O) groups is 1. The van der Waals surface area contributed by atoms with Gasteiger partial charge in [-0.15, -0.1) is 0 Å². The van der Waals surface area contributed by atoms with Gasteiger partial charge in [-0.25, -0.2) is 0 Å². The molecule has 1 heterocycles. The summed E-state index contributed by atoms with van der Waals surface area (Å²) in [6.07, 6.45) is 5.72. The van der Waals surface area contributed by atoms with Gasteiger partial charge in [-0.1, -0.05) is 12.1 Å². The summed E-state index contributed by atoms with van der Waals surface area (Å²) in [7, 11) is 1.91. The lowest BCUT2D eigenvalue weighted by atomic mass is 9.85. The minimum absolute atomic E-state index is 0.0823. The van der Waals surface area contributed by atoms with Gasteiger partial charge in [0, 0.05) is 18.9 Å². The second-order valence-corrected chi connectivity index (χ2v) is 6.12. The Kier molecular flexibility index (Phi) is 4.37. The number of esters is 1. The molecule has 0 saturated carbocycles. The van der Waals surface area contributed by atoms with Gasteiger partial charge in [0.15, 0.2) is 5.82 Å². The zero-order valence-electron chi connectivity index (χ0n) is 13.7. The van der Waals surface area contributed by atoms with Crippen LogP contribution in [0.15, 0.2) is 24.3 Å². The van der Waals surface area contributed by atoms with E-state index in [1.807, 2.05) is 24.7 Å². The zero-order valence-corrected chi connectivity index (χ0v) is 13.7. The van der Waals surface area contributed by atoms with Gasteiger partial charge in [-0.05, 0) is 55.4 Å². The first-order valence-electron chi connectivity index (χ1n) is 8.15. The SMILES string of the molecule is CCOC(=O)CC1CC=C(c2ccc3c(N)nn(C)c3c2)CC1. The molecule has 2 aromatic rings. The number of carbonyl (C=O) groups excluding carboxylic acids is 1. The van der Waals surface area contributed by atoms with Crippen LogP contribution in [0.4, 0.5) is 5.82 Å². The Bertz CT molecular complexity index is 761. The van der Waals surface area contributed by atoms with Gasteiger partial charge >= 0.3 is 5.97 Å². The average molecular weight is 313 g/mol. The summed E-state index contributed by atoms with van der Waals surface area (Å²) < 4.78 is 6.86. The first-order valence-corrected chi connectivity index (χ1v) is 8.15. The van der Waals surface area contributed by atoms with Gasteiger partial charge in [0.05, 0.1) is 12.1 Å². The summed E-state index contributed by atoms with van der Waals surface area (Å²) in [6, 6.07) is 6.30. The number of aromatic nitrogens is 2. The highest BCUT2D eigenvalue weighted by molar-refractivity contribution is 5.91. The molecule has 1 aromatic heterocycles. The predicted octanol–water partition coefficient (Wildman–Crippen LogP) is 3.29. The molecule has 122 valence electrons. The van der Waals surface area contributed by atoms with Crippen molar-refractivity contribution in [3.63, 3.8) is 0 Å². The number of aryl methyl sites for hydroxylation is 1. The van der Waals surface area contributed by atoms with Crippen molar-refractivity contribution in [2.45, 2.75) is 32.6 Å². The van der Waals surface area contributed by atoms with Crippen LogP contribution >= 0.6 is 0 Å². The van der Waals surface area contributed by atoms with Crippen molar-refractivity contribution in [3.8, 4) is 0 Å². The third-order valence-electron chi connectivity index (χ3n) is 4.53. The highest BCUT2D eigenvalue weighted by Gasteiger charge is 2.19. The van der Waals surface area contributed by atoms with E-state index in [1.165, 1.54) is 11.1 Å².